The van der Waals surface area contributed by atoms with E-state index in [1.807, 2.05) is 0 Å². The molecule has 1 aliphatic carbocycles. The summed E-state index contributed by atoms with van der Waals surface area (Å²) in [6, 6.07) is 0. The van der Waals surface area contributed by atoms with E-state index in [-0.39, 0.29) is 11.3 Å². The van der Waals surface area contributed by atoms with Crippen LogP contribution in [0, 0.1) is 5.92 Å². The molecule has 0 saturated heterocycles. The van der Waals surface area contributed by atoms with E-state index in [1.165, 1.54) is 19.1 Å². The van der Waals surface area contributed by atoms with Crippen molar-refractivity contribution in [2.45, 2.75) is 57.9 Å². The molecule has 0 radical (unpaired) electrons. The van der Waals surface area contributed by atoms with Crippen LogP contribution in [0.25, 0.3) is 0 Å². The van der Waals surface area contributed by atoms with E-state index in [9.17, 15) is 8.42 Å². The van der Waals surface area contributed by atoms with Crippen molar-refractivity contribution in [1.82, 2.24) is 4.90 Å². The highest BCUT2D eigenvalue weighted by atomic mass is 32.2. The Hall–Kier alpha value is -0.130. The van der Waals surface area contributed by atoms with Gasteiger partial charge in [0.25, 0.3) is 0 Å². The number of rotatable bonds is 8. The number of sulfone groups is 1. The average molecular weight is 305 g/mol. The van der Waals surface area contributed by atoms with Crippen molar-refractivity contribution in [3.8, 4) is 0 Å². The standard InChI is InChI=1S/C15H32N2O2S/c1-4-9-17(10-6-11-20(3,18)19)15(13-16)8-5-7-14(2)12-15/h14H,4-13,16H2,1-3H3. The third-order valence-electron chi connectivity index (χ3n) is 4.55. The highest BCUT2D eigenvalue weighted by Gasteiger charge is 2.38. The minimum absolute atomic E-state index is 0.102. The minimum Gasteiger partial charge on any atom is -0.329 e. The minimum atomic E-state index is -2.86. The lowest BCUT2D eigenvalue weighted by Crippen LogP contribution is -2.56. The fourth-order valence-electron chi connectivity index (χ4n) is 3.61. The van der Waals surface area contributed by atoms with E-state index in [2.05, 4.69) is 18.7 Å². The van der Waals surface area contributed by atoms with Crippen LogP contribution in [-0.2, 0) is 9.84 Å². The molecule has 1 fully saturated rings. The zero-order valence-electron chi connectivity index (χ0n) is 13.4. The first kappa shape index (κ1) is 17.9. The predicted molar refractivity (Wildman–Crippen MR) is 85.6 cm³/mol. The molecule has 1 aliphatic rings. The first-order valence-corrected chi connectivity index (χ1v) is 10.0. The van der Waals surface area contributed by atoms with Gasteiger partial charge in [-0.25, -0.2) is 8.42 Å². The summed E-state index contributed by atoms with van der Waals surface area (Å²) in [5.41, 5.74) is 6.23. The molecule has 0 aromatic rings. The zero-order chi connectivity index (χ0) is 15.2. The summed E-state index contributed by atoms with van der Waals surface area (Å²) < 4.78 is 22.6. The summed E-state index contributed by atoms with van der Waals surface area (Å²) >= 11 is 0. The number of nitrogens with two attached hydrogens (primary N) is 1. The van der Waals surface area contributed by atoms with Gasteiger partial charge in [0.15, 0.2) is 0 Å². The van der Waals surface area contributed by atoms with Gasteiger partial charge >= 0.3 is 0 Å². The Morgan fingerprint density at radius 3 is 2.55 bits per heavy atom. The van der Waals surface area contributed by atoms with Gasteiger partial charge in [0.1, 0.15) is 9.84 Å². The van der Waals surface area contributed by atoms with E-state index >= 15 is 0 Å². The Kier molecular flexibility index (Phi) is 6.95. The molecule has 5 heteroatoms. The first-order chi connectivity index (χ1) is 9.33. The van der Waals surface area contributed by atoms with Gasteiger partial charge in [-0.3, -0.25) is 4.90 Å². The van der Waals surface area contributed by atoms with Crippen molar-refractivity contribution in [2.75, 3.05) is 31.6 Å². The second kappa shape index (κ2) is 7.76. The third kappa shape index (κ3) is 5.34. The van der Waals surface area contributed by atoms with Gasteiger partial charge in [-0.2, -0.15) is 0 Å². The van der Waals surface area contributed by atoms with Crippen molar-refractivity contribution in [3.63, 3.8) is 0 Å². The molecule has 120 valence electrons. The van der Waals surface area contributed by atoms with Gasteiger partial charge < -0.3 is 5.73 Å². The van der Waals surface area contributed by atoms with Crippen LogP contribution < -0.4 is 5.73 Å². The van der Waals surface area contributed by atoms with Crippen LogP contribution >= 0.6 is 0 Å². The molecule has 1 saturated carbocycles. The van der Waals surface area contributed by atoms with Crippen molar-refractivity contribution in [3.05, 3.63) is 0 Å². The second-order valence-electron chi connectivity index (χ2n) is 6.60. The maximum absolute atomic E-state index is 11.3. The molecule has 0 aromatic carbocycles. The summed E-state index contributed by atoms with van der Waals surface area (Å²) in [5, 5.41) is 0. The highest BCUT2D eigenvalue weighted by molar-refractivity contribution is 7.90. The van der Waals surface area contributed by atoms with Gasteiger partial charge in [0.2, 0.25) is 0 Å². The number of hydrogen-bond donors (Lipinski definition) is 1. The molecule has 20 heavy (non-hydrogen) atoms. The topological polar surface area (TPSA) is 63.4 Å². The van der Waals surface area contributed by atoms with Crippen LogP contribution in [0.3, 0.4) is 0 Å². The number of hydrogen-bond acceptors (Lipinski definition) is 4. The monoisotopic (exact) mass is 304 g/mol. The molecule has 2 N–H and O–H groups in total. The smallest absolute Gasteiger partial charge is 0.147 e. The molecule has 0 aromatic heterocycles. The van der Waals surface area contributed by atoms with Gasteiger partial charge in [0.05, 0.1) is 5.75 Å². The lowest BCUT2D eigenvalue weighted by molar-refractivity contribution is 0.0390. The summed E-state index contributed by atoms with van der Waals surface area (Å²) in [6.45, 7) is 7.05. The Morgan fingerprint density at radius 1 is 1.35 bits per heavy atom. The normalized spacial score (nSPS) is 27.9. The van der Waals surface area contributed by atoms with E-state index in [0.29, 0.717) is 6.54 Å². The molecule has 4 nitrogen and oxygen atoms in total. The first-order valence-electron chi connectivity index (χ1n) is 7.96. The molecule has 0 heterocycles. The summed E-state index contributed by atoms with van der Waals surface area (Å²) in [6.07, 6.45) is 7.98. The Morgan fingerprint density at radius 2 is 2.05 bits per heavy atom. The fraction of sp³-hybridized carbons (Fsp3) is 1.00. The van der Waals surface area contributed by atoms with Crippen molar-refractivity contribution in [2.24, 2.45) is 11.7 Å². The van der Waals surface area contributed by atoms with Crippen LogP contribution in [0.2, 0.25) is 0 Å². The van der Waals surface area contributed by atoms with E-state index in [1.54, 1.807) is 0 Å². The van der Waals surface area contributed by atoms with Crippen molar-refractivity contribution >= 4 is 9.84 Å². The SMILES string of the molecule is CCCN(CCCS(C)(=O)=O)C1(CN)CCCC(C)C1. The molecule has 2 unspecified atom stereocenters. The Labute approximate surface area is 125 Å². The number of nitrogens with zero attached hydrogens (tertiary/aromatic N) is 1. The molecular formula is C15H32N2O2S. The van der Waals surface area contributed by atoms with Gasteiger partial charge in [0, 0.05) is 18.3 Å². The van der Waals surface area contributed by atoms with E-state index < -0.39 is 9.84 Å². The van der Waals surface area contributed by atoms with Gasteiger partial charge in [-0.1, -0.05) is 26.7 Å². The van der Waals surface area contributed by atoms with Crippen LogP contribution in [0.15, 0.2) is 0 Å². The average Bonchev–Trinajstić information content (AvgIpc) is 2.36. The molecule has 0 spiro atoms. The highest BCUT2D eigenvalue weighted by Crippen LogP contribution is 2.36. The molecule has 2 atom stereocenters. The summed E-state index contributed by atoms with van der Waals surface area (Å²) in [4.78, 5) is 2.48. The molecular weight excluding hydrogens is 272 g/mol. The van der Waals surface area contributed by atoms with E-state index in [0.717, 1.165) is 44.7 Å². The zero-order valence-corrected chi connectivity index (χ0v) is 14.2. The maximum atomic E-state index is 11.3. The third-order valence-corrected chi connectivity index (χ3v) is 5.59. The Bertz CT molecular complexity index is 383. The summed E-state index contributed by atoms with van der Waals surface area (Å²) in [7, 11) is -2.86. The van der Waals surface area contributed by atoms with Crippen molar-refractivity contribution < 1.29 is 8.42 Å². The molecule has 0 amide bonds. The van der Waals surface area contributed by atoms with Crippen LogP contribution in [0.4, 0.5) is 0 Å². The summed E-state index contributed by atoms with van der Waals surface area (Å²) in [5.74, 6) is 1.00. The predicted octanol–water partition coefficient (Wildman–Crippen LogP) is 2.04. The molecule has 1 rings (SSSR count). The Balaban J connectivity index is 2.70. The van der Waals surface area contributed by atoms with Crippen molar-refractivity contribution in [1.29, 1.82) is 0 Å². The van der Waals surface area contributed by atoms with Gasteiger partial charge in [-0.15, -0.1) is 0 Å². The van der Waals surface area contributed by atoms with E-state index in [4.69, 9.17) is 5.73 Å². The lowest BCUT2D eigenvalue weighted by atomic mass is 9.75. The maximum Gasteiger partial charge on any atom is 0.147 e. The molecule has 0 aliphatic heterocycles. The lowest BCUT2D eigenvalue weighted by Gasteiger charge is -2.48. The quantitative estimate of drug-likeness (QED) is 0.745. The fourth-order valence-corrected chi connectivity index (χ4v) is 4.26. The second-order valence-corrected chi connectivity index (χ2v) is 8.86. The van der Waals surface area contributed by atoms with Crippen LogP contribution in [-0.4, -0.2) is 50.5 Å². The van der Waals surface area contributed by atoms with Crippen LogP contribution in [0.1, 0.15) is 52.4 Å². The largest absolute Gasteiger partial charge is 0.329 e. The van der Waals surface area contributed by atoms with Crippen LogP contribution in [0.5, 0.6) is 0 Å². The van der Waals surface area contributed by atoms with Gasteiger partial charge in [-0.05, 0) is 44.7 Å². The molecule has 0 bridgehead atoms.